The molecule has 0 unspecified atom stereocenters. The predicted octanol–water partition coefficient (Wildman–Crippen LogP) is 2.38. The van der Waals surface area contributed by atoms with Crippen LogP contribution in [0.1, 0.15) is 17.3 Å². The Bertz CT molecular complexity index is 1030. The zero-order valence-corrected chi connectivity index (χ0v) is 14.5. The summed E-state index contributed by atoms with van der Waals surface area (Å²) in [5, 5.41) is 16.2. The lowest BCUT2D eigenvalue weighted by molar-refractivity contribution is 0.101. The third kappa shape index (κ3) is 3.75. The van der Waals surface area contributed by atoms with Crippen LogP contribution in [0.4, 0.5) is 15.8 Å². The summed E-state index contributed by atoms with van der Waals surface area (Å²) in [7, 11) is 0. The third-order valence-electron chi connectivity index (χ3n) is 3.89. The number of rotatable bonds is 6. The van der Waals surface area contributed by atoms with E-state index in [0.717, 1.165) is 4.68 Å². The topological polar surface area (TPSA) is 97.1 Å². The Balaban J connectivity index is 2.29. The van der Waals surface area contributed by atoms with E-state index in [4.69, 9.17) is 0 Å². The second-order valence-electron chi connectivity index (χ2n) is 5.75. The molecule has 0 saturated carbocycles. The Morgan fingerprint density at radius 2 is 2.04 bits per heavy atom. The first-order valence-corrected chi connectivity index (χ1v) is 8.21. The normalized spacial score (nSPS) is 10.6. The minimum Gasteiger partial charge on any atom is -0.394 e. The van der Waals surface area contributed by atoms with Crippen molar-refractivity contribution in [2.24, 2.45) is 0 Å². The molecule has 2 aromatic heterocycles. The number of aliphatic hydroxyl groups is 1. The average Bonchev–Trinajstić information content (AvgIpc) is 2.67. The van der Waals surface area contributed by atoms with Crippen molar-refractivity contribution in [1.82, 2.24) is 14.8 Å². The molecule has 0 spiro atoms. The van der Waals surface area contributed by atoms with Gasteiger partial charge in [-0.2, -0.15) is 5.10 Å². The first-order chi connectivity index (χ1) is 13.0. The number of aromatic nitrogens is 3. The molecular formula is C19H17FN4O3. The molecule has 0 aliphatic carbocycles. The average molecular weight is 368 g/mol. The van der Waals surface area contributed by atoms with Crippen molar-refractivity contribution < 1.29 is 14.3 Å². The van der Waals surface area contributed by atoms with E-state index in [1.54, 1.807) is 24.4 Å². The van der Waals surface area contributed by atoms with Crippen LogP contribution in [0.15, 0.2) is 53.6 Å². The summed E-state index contributed by atoms with van der Waals surface area (Å²) in [4.78, 5) is 29.2. The second-order valence-corrected chi connectivity index (χ2v) is 5.75. The fourth-order valence-electron chi connectivity index (χ4n) is 2.68. The van der Waals surface area contributed by atoms with E-state index in [1.165, 1.54) is 31.3 Å². The quantitative estimate of drug-likeness (QED) is 0.649. The molecule has 8 heteroatoms. The van der Waals surface area contributed by atoms with Crippen molar-refractivity contribution in [2.75, 3.05) is 11.9 Å². The van der Waals surface area contributed by atoms with E-state index in [9.17, 15) is 19.1 Å². The molecule has 1 aromatic carbocycles. The smallest absolute Gasteiger partial charge is 0.291 e. The Labute approximate surface area is 154 Å². The standard InChI is InChI=1S/C19H17FN4O3/c1-12(26)16-17(13-5-4-8-21-11-13)23-24(9-10-25)19(27)18(16)22-15-7-3-2-6-14(15)20/h2-8,11,22,25H,9-10H2,1H3. The molecule has 0 saturated heterocycles. The molecule has 2 heterocycles. The fraction of sp³-hybridized carbons (Fsp3) is 0.158. The number of benzene rings is 1. The van der Waals surface area contributed by atoms with Crippen LogP contribution >= 0.6 is 0 Å². The first kappa shape index (κ1) is 18.4. The Morgan fingerprint density at radius 1 is 1.26 bits per heavy atom. The molecule has 0 aliphatic rings. The highest BCUT2D eigenvalue weighted by Gasteiger charge is 2.22. The minimum absolute atomic E-state index is 0.0328. The molecule has 3 rings (SSSR count). The molecule has 138 valence electrons. The monoisotopic (exact) mass is 368 g/mol. The van der Waals surface area contributed by atoms with Crippen LogP contribution in [-0.2, 0) is 6.54 Å². The highest BCUT2D eigenvalue weighted by atomic mass is 19.1. The number of carbonyl (C=O) groups excluding carboxylic acids is 1. The Morgan fingerprint density at radius 3 is 2.67 bits per heavy atom. The van der Waals surface area contributed by atoms with Gasteiger partial charge in [-0.3, -0.25) is 14.6 Å². The number of Topliss-reactive ketones (excluding diaryl/α,β-unsaturated/α-hetero) is 1. The van der Waals surface area contributed by atoms with E-state index in [0.29, 0.717) is 5.56 Å². The minimum atomic E-state index is -0.634. The van der Waals surface area contributed by atoms with Crippen LogP contribution in [0, 0.1) is 5.82 Å². The molecule has 0 amide bonds. The number of anilines is 2. The van der Waals surface area contributed by atoms with E-state index in [1.807, 2.05) is 0 Å². The largest absolute Gasteiger partial charge is 0.394 e. The number of para-hydroxylation sites is 1. The van der Waals surface area contributed by atoms with E-state index in [2.05, 4.69) is 15.4 Å². The molecule has 0 bridgehead atoms. The van der Waals surface area contributed by atoms with E-state index >= 15 is 0 Å². The molecule has 7 nitrogen and oxygen atoms in total. The number of hydrogen-bond donors (Lipinski definition) is 2. The lowest BCUT2D eigenvalue weighted by atomic mass is 10.0. The van der Waals surface area contributed by atoms with Crippen molar-refractivity contribution in [1.29, 1.82) is 0 Å². The molecule has 2 N–H and O–H groups in total. The number of aliphatic hydroxyl groups excluding tert-OH is 1. The number of hydrogen-bond acceptors (Lipinski definition) is 6. The summed E-state index contributed by atoms with van der Waals surface area (Å²) in [5.74, 6) is -0.978. The summed E-state index contributed by atoms with van der Waals surface area (Å²) < 4.78 is 15.1. The lowest BCUT2D eigenvalue weighted by Crippen LogP contribution is -2.29. The van der Waals surface area contributed by atoms with Crippen LogP contribution in [0.2, 0.25) is 0 Å². The maximum absolute atomic E-state index is 14.1. The van der Waals surface area contributed by atoms with E-state index in [-0.39, 0.29) is 35.8 Å². The molecule has 27 heavy (non-hydrogen) atoms. The third-order valence-corrected chi connectivity index (χ3v) is 3.89. The van der Waals surface area contributed by atoms with Gasteiger partial charge in [0.15, 0.2) is 5.78 Å². The number of nitrogens with one attached hydrogen (secondary N) is 1. The molecule has 0 radical (unpaired) electrons. The van der Waals surface area contributed by atoms with Gasteiger partial charge < -0.3 is 10.4 Å². The van der Waals surface area contributed by atoms with Gasteiger partial charge in [-0.15, -0.1) is 0 Å². The fourth-order valence-corrected chi connectivity index (χ4v) is 2.68. The first-order valence-electron chi connectivity index (χ1n) is 8.21. The number of nitrogens with zero attached hydrogens (tertiary/aromatic N) is 3. The van der Waals surface area contributed by atoms with Crippen molar-refractivity contribution in [3.63, 3.8) is 0 Å². The Kier molecular flexibility index (Phi) is 5.37. The van der Waals surface area contributed by atoms with Crippen LogP contribution in [0.3, 0.4) is 0 Å². The van der Waals surface area contributed by atoms with Gasteiger partial charge in [-0.25, -0.2) is 9.07 Å². The van der Waals surface area contributed by atoms with Gasteiger partial charge in [0, 0.05) is 18.0 Å². The number of ketones is 1. The number of carbonyl (C=O) groups is 1. The zero-order chi connectivity index (χ0) is 19.4. The van der Waals surface area contributed by atoms with Crippen LogP contribution < -0.4 is 10.9 Å². The second kappa shape index (κ2) is 7.88. The molecule has 3 aromatic rings. The lowest BCUT2D eigenvalue weighted by Gasteiger charge is -2.16. The van der Waals surface area contributed by atoms with Crippen LogP contribution in [-0.4, -0.2) is 32.3 Å². The van der Waals surface area contributed by atoms with Crippen molar-refractivity contribution >= 4 is 17.2 Å². The molecule has 0 aliphatic heterocycles. The van der Waals surface area contributed by atoms with Gasteiger partial charge in [0.25, 0.3) is 5.56 Å². The summed E-state index contributed by atoms with van der Waals surface area (Å²) in [6.07, 6.45) is 3.08. The number of halogens is 1. The zero-order valence-electron chi connectivity index (χ0n) is 14.5. The van der Waals surface area contributed by atoms with Crippen LogP contribution in [0.5, 0.6) is 0 Å². The van der Waals surface area contributed by atoms with Crippen molar-refractivity contribution in [2.45, 2.75) is 13.5 Å². The maximum Gasteiger partial charge on any atom is 0.291 e. The van der Waals surface area contributed by atoms with Gasteiger partial charge in [0.05, 0.1) is 24.4 Å². The molecule has 0 atom stereocenters. The van der Waals surface area contributed by atoms with Gasteiger partial charge in [-0.05, 0) is 31.2 Å². The highest BCUT2D eigenvalue weighted by molar-refractivity contribution is 6.05. The predicted molar refractivity (Wildman–Crippen MR) is 98.5 cm³/mol. The van der Waals surface area contributed by atoms with Gasteiger partial charge in [-0.1, -0.05) is 12.1 Å². The van der Waals surface area contributed by atoms with Crippen molar-refractivity contribution in [3.05, 3.63) is 70.5 Å². The molecule has 0 fully saturated rings. The maximum atomic E-state index is 14.1. The van der Waals surface area contributed by atoms with Gasteiger partial charge in [0.2, 0.25) is 0 Å². The highest BCUT2D eigenvalue weighted by Crippen LogP contribution is 2.27. The number of pyridine rings is 1. The van der Waals surface area contributed by atoms with Crippen molar-refractivity contribution in [3.8, 4) is 11.3 Å². The van der Waals surface area contributed by atoms with Gasteiger partial charge >= 0.3 is 0 Å². The summed E-state index contributed by atoms with van der Waals surface area (Å²) >= 11 is 0. The van der Waals surface area contributed by atoms with E-state index < -0.39 is 17.2 Å². The molecular weight excluding hydrogens is 351 g/mol. The van der Waals surface area contributed by atoms with Gasteiger partial charge in [0.1, 0.15) is 17.2 Å². The summed E-state index contributed by atoms with van der Waals surface area (Å²) in [5.41, 5.74) is 0.0925. The SMILES string of the molecule is CC(=O)c1c(-c2cccnc2)nn(CCO)c(=O)c1Nc1ccccc1F. The Hall–Kier alpha value is -3.39. The van der Waals surface area contributed by atoms with Crippen LogP contribution in [0.25, 0.3) is 11.3 Å². The summed E-state index contributed by atoms with van der Waals surface area (Å²) in [6.45, 7) is 0.910. The summed E-state index contributed by atoms with van der Waals surface area (Å²) in [6, 6.07) is 9.19.